The van der Waals surface area contributed by atoms with Gasteiger partial charge in [-0.1, -0.05) is 0 Å². The van der Waals surface area contributed by atoms with Crippen molar-refractivity contribution < 1.29 is 19.0 Å². The van der Waals surface area contributed by atoms with E-state index in [4.69, 9.17) is 10.8 Å². The molecule has 1 unspecified atom stereocenters. The maximum absolute atomic E-state index is 10.1. The molecular formula is C5H10NO4P. The van der Waals surface area contributed by atoms with Crippen molar-refractivity contribution in [2.24, 2.45) is 5.73 Å². The van der Waals surface area contributed by atoms with E-state index in [0.717, 1.165) is 0 Å². The van der Waals surface area contributed by atoms with E-state index >= 15 is 0 Å². The van der Waals surface area contributed by atoms with Gasteiger partial charge in [-0.3, -0.25) is 4.79 Å². The van der Waals surface area contributed by atoms with Crippen molar-refractivity contribution in [2.75, 3.05) is 6.16 Å². The Balaban J connectivity index is 3.46. The van der Waals surface area contributed by atoms with Crippen molar-refractivity contribution in [1.82, 2.24) is 0 Å². The molecule has 0 spiro atoms. The third kappa shape index (κ3) is 5.76. The Bertz CT molecular complexity index is 193. The summed E-state index contributed by atoms with van der Waals surface area (Å²) in [4.78, 5) is 10.1. The van der Waals surface area contributed by atoms with Gasteiger partial charge in [0.15, 0.2) is 0 Å². The molecule has 0 aromatic carbocycles. The number of hydrogen-bond donors (Lipinski definition) is 2. The van der Waals surface area contributed by atoms with Crippen molar-refractivity contribution in [3.63, 3.8) is 0 Å². The highest BCUT2D eigenvalue weighted by Crippen LogP contribution is 2.07. The van der Waals surface area contributed by atoms with E-state index < -0.39 is 19.7 Å². The van der Waals surface area contributed by atoms with Crippen molar-refractivity contribution in [3.8, 4) is 0 Å². The standard InChI is InChI=1S/C5H10NO4P/c6-4(5(7)8)2-1-3-11(9)10/h4H,1-3,6H2,(H,7,8). The molecule has 0 saturated heterocycles. The maximum Gasteiger partial charge on any atom is 0.320 e. The van der Waals surface area contributed by atoms with Crippen LogP contribution in [-0.2, 0) is 13.9 Å². The summed E-state index contributed by atoms with van der Waals surface area (Å²) in [6.45, 7) is 0. The summed E-state index contributed by atoms with van der Waals surface area (Å²) in [6, 6.07) is -0.940. The molecular weight excluding hydrogens is 169 g/mol. The zero-order chi connectivity index (χ0) is 8.85. The molecule has 1 atom stereocenters. The third-order valence-corrected chi connectivity index (χ3v) is 1.85. The largest absolute Gasteiger partial charge is 0.480 e. The molecule has 0 aromatic rings. The summed E-state index contributed by atoms with van der Waals surface area (Å²) < 4.78 is 20.0. The van der Waals surface area contributed by atoms with E-state index in [-0.39, 0.29) is 12.6 Å². The number of rotatable bonds is 5. The number of hydrogen-bond acceptors (Lipinski definition) is 4. The van der Waals surface area contributed by atoms with Crippen LogP contribution in [0.1, 0.15) is 12.8 Å². The molecule has 0 aliphatic heterocycles. The number of carbonyl (C=O) groups is 1. The quantitative estimate of drug-likeness (QED) is 0.593. The number of aliphatic carboxylic acids is 1. The van der Waals surface area contributed by atoms with Gasteiger partial charge in [-0.25, -0.2) is 9.13 Å². The molecule has 0 aliphatic rings. The highest BCUT2D eigenvalue weighted by Gasteiger charge is 2.10. The Kier molecular flexibility index (Phi) is 4.74. The van der Waals surface area contributed by atoms with Crippen molar-refractivity contribution in [1.29, 1.82) is 0 Å². The molecule has 0 radical (unpaired) electrons. The van der Waals surface area contributed by atoms with Gasteiger partial charge in [0, 0.05) is 0 Å². The first-order valence-electron chi connectivity index (χ1n) is 3.14. The molecule has 0 amide bonds. The molecule has 64 valence electrons. The van der Waals surface area contributed by atoms with Crippen LogP contribution in [0.2, 0.25) is 0 Å². The number of nitrogens with two attached hydrogens (primary N) is 1. The predicted molar refractivity (Wildman–Crippen MR) is 38.0 cm³/mol. The average molecular weight is 179 g/mol. The minimum Gasteiger partial charge on any atom is -0.480 e. The second-order valence-corrected chi connectivity index (χ2v) is 3.26. The topological polar surface area (TPSA) is 97.5 Å². The minimum atomic E-state index is -2.40. The number of carboxylic acids is 1. The van der Waals surface area contributed by atoms with E-state index in [1.807, 2.05) is 0 Å². The molecule has 3 N–H and O–H groups in total. The van der Waals surface area contributed by atoms with Crippen LogP contribution < -0.4 is 5.73 Å². The van der Waals surface area contributed by atoms with Crippen molar-refractivity contribution in [2.45, 2.75) is 18.9 Å². The Morgan fingerprint density at radius 3 is 2.45 bits per heavy atom. The zero-order valence-corrected chi connectivity index (χ0v) is 6.79. The molecule has 0 aliphatic carbocycles. The molecule has 11 heavy (non-hydrogen) atoms. The first-order chi connectivity index (χ1) is 5.04. The summed E-state index contributed by atoms with van der Waals surface area (Å²) >= 11 is 0. The van der Waals surface area contributed by atoms with E-state index in [1.165, 1.54) is 0 Å². The first-order valence-corrected chi connectivity index (χ1v) is 4.50. The molecule has 5 nitrogen and oxygen atoms in total. The minimum absolute atomic E-state index is 0.0102. The van der Waals surface area contributed by atoms with E-state index in [0.29, 0.717) is 6.42 Å². The summed E-state index contributed by atoms with van der Waals surface area (Å²) in [7, 11) is -2.40. The van der Waals surface area contributed by atoms with Gasteiger partial charge in [0.25, 0.3) is 0 Å². The van der Waals surface area contributed by atoms with Gasteiger partial charge in [0.05, 0.1) is 6.16 Å². The maximum atomic E-state index is 10.1. The Morgan fingerprint density at radius 2 is 2.09 bits per heavy atom. The van der Waals surface area contributed by atoms with Gasteiger partial charge in [-0.05, 0) is 12.8 Å². The molecule has 6 heteroatoms. The fraction of sp³-hybridized carbons (Fsp3) is 0.800. The van der Waals surface area contributed by atoms with E-state index in [9.17, 15) is 13.9 Å². The summed E-state index contributed by atoms with van der Waals surface area (Å²) in [5.41, 5.74) is 5.11. The molecule has 0 heterocycles. The molecule has 0 fully saturated rings. The number of carboxylic acid groups (broad SMARTS) is 1. The second-order valence-electron chi connectivity index (χ2n) is 2.14. The van der Waals surface area contributed by atoms with E-state index in [1.54, 1.807) is 0 Å². The zero-order valence-electron chi connectivity index (χ0n) is 5.90. The van der Waals surface area contributed by atoms with Crippen LogP contribution in [0.5, 0.6) is 0 Å². The molecule has 0 saturated carbocycles. The Morgan fingerprint density at radius 1 is 1.55 bits per heavy atom. The summed E-state index contributed by atoms with van der Waals surface area (Å²) in [5, 5.41) is 8.27. The fourth-order valence-corrected chi connectivity index (χ4v) is 1.00. The van der Waals surface area contributed by atoms with Gasteiger partial charge in [-0.15, -0.1) is 0 Å². The average Bonchev–Trinajstić information content (AvgIpc) is 1.86. The fourth-order valence-electron chi connectivity index (χ4n) is 0.564. The van der Waals surface area contributed by atoms with Crippen LogP contribution in [0.3, 0.4) is 0 Å². The predicted octanol–water partition coefficient (Wildman–Crippen LogP) is 0.351. The van der Waals surface area contributed by atoms with Crippen LogP contribution in [0.25, 0.3) is 0 Å². The summed E-state index contributed by atoms with van der Waals surface area (Å²) in [5.74, 6) is -1.09. The van der Waals surface area contributed by atoms with Crippen molar-refractivity contribution >= 4 is 13.6 Å². The first kappa shape index (κ1) is 10.3. The monoisotopic (exact) mass is 179 g/mol. The van der Waals surface area contributed by atoms with Crippen LogP contribution in [0.15, 0.2) is 0 Å². The highest BCUT2D eigenvalue weighted by molar-refractivity contribution is 7.30. The van der Waals surface area contributed by atoms with Gasteiger partial charge in [-0.2, -0.15) is 0 Å². The lowest BCUT2D eigenvalue weighted by molar-refractivity contribution is -0.138. The van der Waals surface area contributed by atoms with E-state index in [2.05, 4.69) is 0 Å². The highest BCUT2D eigenvalue weighted by atomic mass is 31.1. The normalized spacial score (nSPS) is 12.5. The lowest BCUT2D eigenvalue weighted by atomic mass is 10.2. The van der Waals surface area contributed by atoms with Gasteiger partial charge < -0.3 is 10.8 Å². The molecule has 0 aromatic heterocycles. The Labute approximate surface area is 64.4 Å². The summed E-state index contributed by atoms with van der Waals surface area (Å²) in [6.07, 6.45) is 0.529. The van der Waals surface area contributed by atoms with Crippen LogP contribution >= 0.6 is 7.68 Å². The van der Waals surface area contributed by atoms with Gasteiger partial charge in [0.2, 0.25) is 0 Å². The smallest absolute Gasteiger partial charge is 0.320 e. The molecule has 0 bridgehead atoms. The van der Waals surface area contributed by atoms with Gasteiger partial charge >= 0.3 is 13.6 Å². The van der Waals surface area contributed by atoms with Crippen molar-refractivity contribution in [3.05, 3.63) is 0 Å². The van der Waals surface area contributed by atoms with Crippen LogP contribution in [0, 0.1) is 0 Å². The lowest BCUT2D eigenvalue weighted by Crippen LogP contribution is -2.29. The van der Waals surface area contributed by atoms with Crippen LogP contribution in [-0.4, -0.2) is 23.3 Å². The lowest BCUT2D eigenvalue weighted by Gasteiger charge is -2.01. The second kappa shape index (κ2) is 5.04. The van der Waals surface area contributed by atoms with Gasteiger partial charge in [0.1, 0.15) is 6.04 Å². The third-order valence-electron chi connectivity index (χ3n) is 1.17. The Hall–Kier alpha value is -0.670. The SMILES string of the molecule is NC(CCCP(=O)=O)C(=O)O. The molecule has 0 rings (SSSR count). The van der Waals surface area contributed by atoms with Crippen LogP contribution in [0.4, 0.5) is 0 Å².